The molecule has 0 saturated carbocycles. The van der Waals surface area contributed by atoms with Crippen molar-refractivity contribution in [1.29, 1.82) is 0 Å². The minimum absolute atomic E-state index is 0.0439. The Kier molecular flexibility index (Phi) is 22.1. The summed E-state index contributed by atoms with van der Waals surface area (Å²) in [4.78, 5) is 25.1. The fourth-order valence-corrected chi connectivity index (χ4v) is 10.5. The van der Waals surface area contributed by atoms with Gasteiger partial charge in [0.1, 0.15) is 0 Å². The van der Waals surface area contributed by atoms with E-state index in [1.54, 1.807) is 22.7 Å². The molecule has 0 aliphatic carbocycles. The summed E-state index contributed by atoms with van der Waals surface area (Å²) in [6, 6.07) is 8.61. The Balaban J connectivity index is 1.96. The highest BCUT2D eigenvalue weighted by molar-refractivity contribution is 9.11. The van der Waals surface area contributed by atoms with Crippen molar-refractivity contribution in [2.75, 3.05) is 26.2 Å². The molecule has 0 aromatic carbocycles. The molecule has 2 aromatic heterocycles. The summed E-state index contributed by atoms with van der Waals surface area (Å²) >= 11 is 11.0. The first-order valence-corrected chi connectivity index (χ1v) is 23.7. The molecule has 3 rings (SSSR count). The van der Waals surface area contributed by atoms with Gasteiger partial charge in [-0.05, 0) is 132 Å². The fraction of sp³-hybridized carbons (Fsp3) is 0.721. The summed E-state index contributed by atoms with van der Waals surface area (Å²) in [6.07, 6.45) is 21.2. The molecule has 3 heterocycles. The Morgan fingerprint density at radius 1 is 0.804 bits per heavy atom. The Hall–Kier alpha value is -0.800. The monoisotopic (exact) mass is 865 g/mol. The molecule has 0 saturated heterocycles. The molecule has 8 heteroatoms. The van der Waals surface area contributed by atoms with Gasteiger partial charge >= 0.3 is 0 Å². The zero-order valence-electron chi connectivity index (χ0n) is 32.8. The van der Waals surface area contributed by atoms with Gasteiger partial charge < -0.3 is 10.2 Å². The Bertz CT molecular complexity index is 1330. The third kappa shape index (κ3) is 15.1. The van der Waals surface area contributed by atoms with E-state index in [1.165, 1.54) is 114 Å². The zero-order chi connectivity index (χ0) is 37.0. The van der Waals surface area contributed by atoms with E-state index in [-0.39, 0.29) is 11.9 Å². The number of hydrogen-bond donors (Lipinski definition) is 1. The molecule has 1 aliphatic heterocycles. The number of halogens is 2. The molecule has 4 nitrogen and oxygen atoms in total. The average molecular weight is 868 g/mol. The van der Waals surface area contributed by atoms with E-state index in [1.807, 2.05) is 0 Å². The maximum absolute atomic E-state index is 15.0. The summed E-state index contributed by atoms with van der Waals surface area (Å²) in [5.41, 5.74) is 2.93. The van der Waals surface area contributed by atoms with E-state index >= 15 is 4.79 Å². The number of unbranched alkanes of at least 4 members (excludes halogenated alkanes) is 7. The first-order valence-electron chi connectivity index (χ1n) is 20.5. The predicted molar refractivity (Wildman–Crippen MR) is 233 cm³/mol. The Morgan fingerprint density at radius 3 is 2.06 bits per heavy atom. The maximum atomic E-state index is 15.0. The molecule has 1 aliphatic rings. The van der Waals surface area contributed by atoms with Crippen molar-refractivity contribution in [2.24, 2.45) is 22.7 Å². The number of hydrogen-bond acceptors (Lipinski definition) is 5. The van der Waals surface area contributed by atoms with Gasteiger partial charge in [-0.3, -0.25) is 9.79 Å². The van der Waals surface area contributed by atoms with Crippen molar-refractivity contribution in [3.63, 3.8) is 0 Å². The number of nitrogens with one attached hydrogen (secondary N) is 1. The number of thiophene rings is 2. The van der Waals surface area contributed by atoms with Crippen LogP contribution in [0.15, 0.2) is 48.0 Å². The van der Waals surface area contributed by atoms with Crippen LogP contribution in [-0.2, 0) is 4.79 Å². The van der Waals surface area contributed by atoms with Crippen molar-refractivity contribution < 1.29 is 4.79 Å². The van der Waals surface area contributed by atoms with Gasteiger partial charge in [-0.15, -0.1) is 22.7 Å². The van der Waals surface area contributed by atoms with Crippen molar-refractivity contribution in [2.45, 2.75) is 157 Å². The first-order chi connectivity index (χ1) is 24.7. The lowest BCUT2D eigenvalue weighted by atomic mass is 9.91. The number of carbonyl (C=O) groups is 1. The molecule has 0 fully saturated rings. The van der Waals surface area contributed by atoms with Gasteiger partial charge in [0.15, 0.2) is 0 Å². The molecule has 288 valence electrons. The van der Waals surface area contributed by atoms with Gasteiger partial charge in [-0.25, -0.2) is 0 Å². The Labute approximate surface area is 337 Å². The largest absolute Gasteiger partial charge is 0.327 e. The summed E-state index contributed by atoms with van der Waals surface area (Å²) < 4.78 is 2.20. The third-order valence-corrected chi connectivity index (χ3v) is 14.2. The van der Waals surface area contributed by atoms with Gasteiger partial charge in [0, 0.05) is 18.0 Å². The topological polar surface area (TPSA) is 44.7 Å². The van der Waals surface area contributed by atoms with Gasteiger partial charge in [0.2, 0.25) is 0 Å². The van der Waals surface area contributed by atoms with E-state index in [0.717, 1.165) is 61.4 Å². The lowest BCUT2D eigenvalue weighted by Gasteiger charge is -2.30. The SMILES string of the molecule is CCCCCCC(CCCCC)CN=C(C1=C(C)C(c2ccc(Br)s2)N(CC(CCCCCNCC)CCCC(C)CC)C1=O)c1ccc(Br)s1. The highest BCUT2D eigenvalue weighted by Gasteiger charge is 2.42. The number of rotatable bonds is 28. The van der Waals surface area contributed by atoms with E-state index in [2.05, 4.69) is 108 Å². The average Bonchev–Trinajstić information content (AvgIpc) is 3.81. The smallest absolute Gasteiger partial charge is 0.256 e. The van der Waals surface area contributed by atoms with Crippen LogP contribution in [0.2, 0.25) is 0 Å². The van der Waals surface area contributed by atoms with Crippen LogP contribution in [0.1, 0.15) is 166 Å². The lowest BCUT2D eigenvalue weighted by molar-refractivity contribution is -0.127. The minimum Gasteiger partial charge on any atom is -0.327 e. The van der Waals surface area contributed by atoms with Crippen LogP contribution >= 0.6 is 54.5 Å². The summed E-state index contributed by atoms with van der Waals surface area (Å²) in [6.45, 7) is 17.4. The number of carbonyl (C=O) groups excluding carboxylic acids is 1. The molecular formula is C43H69Br2N3OS2. The quantitative estimate of drug-likeness (QED) is 0.0684. The van der Waals surface area contributed by atoms with Crippen molar-refractivity contribution >= 4 is 66.2 Å². The molecular weight excluding hydrogens is 798 g/mol. The molecule has 1 amide bonds. The van der Waals surface area contributed by atoms with E-state index in [9.17, 15) is 0 Å². The highest BCUT2D eigenvalue weighted by Crippen LogP contribution is 2.44. The molecule has 0 radical (unpaired) electrons. The second kappa shape index (κ2) is 25.3. The first kappa shape index (κ1) is 44.6. The van der Waals surface area contributed by atoms with Crippen molar-refractivity contribution in [3.05, 3.63) is 52.7 Å². The van der Waals surface area contributed by atoms with Crippen LogP contribution in [-0.4, -0.2) is 42.7 Å². The molecule has 0 bridgehead atoms. The molecule has 51 heavy (non-hydrogen) atoms. The lowest BCUT2D eigenvalue weighted by Crippen LogP contribution is -2.35. The van der Waals surface area contributed by atoms with E-state index < -0.39 is 0 Å². The molecule has 4 unspecified atom stereocenters. The van der Waals surface area contributed by atoms with Gasteiger partial charge in [0.05, 0.1) is 29.8 Å². The zero-order valence-corrected chi connectivity index (χ0v) is 37.6. The molecule has 4 atom stereocenters. The summed E-state index contributed by atoms with van der Waals surface area (Å²) in [7, 11) is 0. The van der Waals surface area contributed by atoms with Gasteiger partial charge in [-0.1, -0.05) is 112 Å². The molecule has 2 aromatic rings. The highest BCUT2D eigenvalue weighted by atomic mass is 79.9. The second-order valence-electron chi connectivity index (χ2n) is 15.1. The number of nitrogens with zero attached hydrogens (tertiary/aromatic N) is 2. The standard InChI is InChI=1S/C43H69Br2N3OS2/c1-7-11-13-16-22-34(21-15-12-8-2)30-47-41(36-25-27-38(44)50-36)40-33(6)42(37-26-28-39(45)51-37)48(43(40)49)31-35(24-19-20-32(5)9-3)23-17-14-18-29-46-10-4/h25-28,32,34-35,42,46H,7-24,29-31H2,1-6H3. The fourth-order valence-electron chi connectivity index (χ4n) is 7.53. The van der Waals surface area contributed by atoms with E-state index in [0.29, 0.717) is 11.8 Å². The van der Waals surface area contributed by atoms with Crippen LogP contribution in [0.4, 0.5) is 0 Å². The number of amides is 1. The second-order valence-corrected chi connectivity index (χ2v) is 20.0. The van der Waals surface area contributed by atoms with Crippen LogP contribution in [0.3, 0.4) is 0 Å². The summed E-state index contributed by atoms with van der Waals surface area (Å²) in [5.74, 6) is 1.99. The Morgan fingerprint density at radius 2 is 1.43 bits per heavy atom. The van der Waals surface area contributed by atoms with Crippen molar-refractivity contribution in [3.8, 4) is 0 Å². The van der Waals surface area contributed by atoms with Crippen LogP contribution in [0, 0.1) is 17.8 Å². The predicted octanol–water partition coefficient (Wildman–Crippen LogP) is 14.2. The molecule has 1 N–H and O–H groups in total. The van der Waals surface area contributed by atoms with Crippen LogP contribution in [0.5, 0.6) is 0 Å². The molecule has 0 spiro atoms. The third-order valence-electron chi connectivity index (χ3n) is 10.9. The minimum atomic E-state index is -0.0439. The maximum Gasteiger partial charge on any atom is 0.256 e. The summed E-state index contributed by atoms with van der Waals surface area (Å²) in [5, 5.41) is 3.49. The normalized spacial score (nSPS) is 17.2. The van der Waals surface area contributed by atoms with Crippen LogP contribution < -0.4 is 5.32 Å². The van der Waals surface area contributed by atoms with Crippen molar-refractivity contribution in [1.82, 2.24) is 10.2 Å². The van der Waals surface area contributed by atoms with E-state index in [4.69, 9.17) is 4.99 Å². The van der Waals surface area contributed by atoms with Gasteiger partial charge in [-0.2, -0.15) is 0 Å². The van der Waals surface area contributed by atoms with Crippen LogP contribution in [0.25, 0.3) is 0 Å². The van der Waals surface area contributed by atoms with Gasteiger partial charge in [0.25, 0.3) is 5.91 Å². The number of aliphatic imine (C=N–C) groups is 1.